The molecule has 0 aliphatic heterocycles. The highest BCUT2D eigenvalue weighted by Crippen LogP contribution is 2.51. The Balaban J connectivity index is 2.09. The Morgan fingerprint density at radius 3 is 2.67 bits per heavy atom. The van der Waals surface area contributed by atoms with Gasteiger partial charge in [-0.2, -0.15) is 0 Å². The van der Waals surface area contributed by atoms with Crippen molar-refractivity contribution in [3.8, 4) is 0 Å². The molecule has 0 aromatic rings. The van der Waals surface area contributed by atoms with E-state index in [0.717, 1.165) is 12.5 Å². The van der Waals surface area contributed by atoms with Gasteiger partial charge in [-0.1, -0.05) is 13.8 Å². The van der Waals surface area contributed by atoms with Gasteiger partial charge in [-0.25, -0.2) is 0 Å². The summed E-state index contributed by atoms with van der Waals surface area (Å²) in [7, 11) is 0. The minimum atomic E-state index is -0.104. The third kappa shape index (κ3) is 4.20. The summed E-state index contributed by atoms with van der Waals surface area (Å²) in [6.45, 7) is 9.94. The molecule has 2 atom stereocenters. The van der Waals surface area contributed by atoms with Crippen molar-refractivity contribution in [3.05, 3.63) is 0 Å². The van der Waals surface area contributed by atoms with Crippen LogP contribution >= 0.6 is 0 Å². The minimum absolute atomic E-state index is 0.104. The van der Waals surface area contributed by atoms with Crippen molar-refractivity contribution < 1.29 is 9.53 Å². The van der Waals surface area contributed by atoms with Crippen LogP contribution in [0.4, 0.5) is 0 Å². The third-order valence-corrected chi connectivity index (χ3v) is 3.21. The van der Waals surface area contributed by atoms with Gasteiger partial charge in [-0.3, -0.25) is 4.79 Å². The summed E-state index contributed by atoms with van der Waals surface area (Å²) in [4.78, 5) is 11.2. The molecule has 1 N–H and O–H groups in total. The van der Waals surface area contributed by atoms with Crippen molar-refractivity contribution in [3.63, 3.8) is 0 Å². The SMILES string of the molecule is CCOC(=O)CC(C)NCC1CC1(C)C. The van der Waals surface area contributed by atoms with E-state index in [1.807, 2.05) is 13.8 Å². The first-order valence-corrected chi connectivity index (χ1v) is 5.84. The maximum absolute atomic E-state index is 11.2. The molecule has 0 saturated heterocycles. The highest BCUT2D eigenvalue weighted by Gasteiger charge is 2.44. The number of hydrogen-bond acceptors (Lipinski definition) is 3. The van der Waals surface area contributed by atoms with Crippen molar-refractivity contribution >= 4 is 5.97 Å². The molecular formula is C12H23NO2. The number of carbonyl (C=O) groups is 1. The number of esters is 1. The molecule has 0 aromatic carbocycles. The molecule has 3 heteroatoms. The van der Waals surface area contributed by atoms with Crippen molar-refractivity contribution in [2.24, 2.45) is 11.3 Å². The van der Waals surface area contributed by atoms with Crippen LogP contribution in [0, 0.1) is 11.3 Å². The molecule has 0 radical (unpaired) electrons. The topological polar surface area (TPSA) is 38.3 Å². The van der Waals surface area contributed by atoms with E-state index in [0.29, 0.717) is 18.4 Å². The van der Waals surface area contributed by atoms with Gasteiger partial charge in [0, 0.05) is 6.04 Å². The summed E-state index contributed by atoms with van der Waals surface area (Å²) in [6, 6.07) is 0.223. The lowest BCUT2D eigenvalue weighted by Gasteiger charge is -2.13. The lowest BCUT2D eigenvalue weighted by molar-refractivity contribution is -0.143. The van der Waals surface area contributed by atoms with Crippen molar-refractivity contribution in [1.82, 2.24) is 5.32 Å². The number of carbonyl (C=O) groups excluding carboxylic acids is 1. The molecule has 1 saturated carbocycles. The number of nitrogens with one attached hydrogen (secondary N) is 1. The van der Waals surface area contributed by atoms with Gasteiger partial charge in [0.2, 0.25) is 0 Å². The van der Waals surface area contributed by atoms with E-state index in [1.165, 1.54) is 6.42 Å². The van der Waals surface area contributed by atoms with Gasteiger partial charge in [0.15, 0.2) is 0 Å². The smallest absolute Gasteiger partial charge is 0.307 e. The number of rotatable bonds is 6. The molecule has 3 nitrogen and oxygen atoms in total. The third-order valence-electron chi connectivity index (χ3n) is 3.21. The van der Waals surface area contributed by atoms with Crippen LogP contribution in [-0.2, 0) is 9.53 Å². The molecule has 1 fully saturated rings. The summed E-state index contributed by atoms with van der Waals surface area (Å²) in [5.41, 5.74) is 0.511. The molecule has 0 heterocycles. The Morgan fingerprint density at radius 1 is 1.60 bits per heavy atom. The fourth-order valence-corrected chi connectivity index (χ4v) is 1.81. The normalized spacial score (nSPS) is 24.7. The summed E-state index contributed by atoms with van der Waals surface area (Å²) in [5, 5.41) is 3.39. The van der Waals surface area contributed by atoms with Crippen LogP contribution in [-0.4, -0.2) is 25.2 Å². The van der Waals surface area contributed by atoms with Crippen molar-refractivity contribution in [2.45, 2.75) is 46.6 Å². The second-order valence-corrected chi connectivity index (χ2v) is 5.21. The van der Waals surface area contributed by atoms with Gasteiger partial charge < -0.3 is 10.1 Å². The maximum atomic E-state index is 11.2. The zero-order chi connectivity index (χ0) is 11.5. The van der Waals surface area contributed by atoms with Crippen molar-refractivity contribution in [1.29, 1.82) is 0 Å². The predicted octanol–water partition coefficient (Wildman–Crippen LogP) is 1.96. The molecule has 0 aromatic heterocycles. The van der Waals surface area contributed by atoms with Gasteiger partial charge >= 0.3 is 5.97 Å². The molecule has 0 bridgehead atoms. The van der Waals surface area contributed by atoms with Crippen LogP contribution in [0.5, 0.6) is 0 Å². The standard InChI is InChI=1S/C12H23NO2/c1-5-15-11(14)6-9(2)13-8-10-7-12(10,3)4/h9-10,13H,5-8H2,1-4H3. The fraction of sp³-hybridized carbons (Fsp3) is 0.917. The number of hydrogen-bond donors (Lipinski definition) is 1. The van der Waals surface area contributed by atoms with Crippen LogP contribution in [0.2, 0.25) is 0 Å². The Labute approximate surface area is 92.6 Å². The molecule has 0 spiro atoms. The first-order valence-electron chi connectivity index (χ1n) is 5.84. The summed E-state index contributed by atoms with van der Waals surface area (Å²) in [5.74, 6) is 0.676. The summed E-state index contributed by atoms with van der Waals surface area (Å²) >= 11 is 0. The second-order valence-electron chi connectivity index (χ2n) is 5.21. The van der Waals surface area contributed by atoms with E-state index in [9.17, 15) is 4.79 Å². The lowest BCUT2D eigenvalue weighted by atomic mass is 10.1. The zero-order valence-electron chi connectivity index (χ0n) is 10.3. The van der Waals surface area contributed by atoms with E-state index in [2.05, 4.69) is 19.2 Å². The quantitative estimate of drug-likeness (QED) is 0.685. The Bertz CT molecular complexity index is 226. The predicted molar refractivity (Wildman–Crippen MR) is 60.6 cm³/mol. The van der Waals surface area contributed by atoms with Crippen LogP contribution < -0.4 is 5.32 Å². The Hall–Kier alpha value is -0.570. The van der Waals surface area contributed by atoms with E-state index < -0.39 is 0 Å². The highest BCUT2D eigenvalue weighted by molar-refractivity contribution is 5.69. The molecule has 0 amide bonds. The average Bonchev–Trinajstić information content (AvgIpc) is 2.71. The van der Waals surface area contributed by atoms with E-state index >= 15 is 0 Å². The molecule has 1 aliphatic rings. The largest absolute Gasteiger partial charge is 0.466 e. The van der Waals surface area contributed by atoms with Crippen LogP contribution in [0.15, 0.2) is 0 Å². The van der Waals surface area contributed by atoms with Gasteiger partial charge in [0.1, 0.15) is 0 Å². The molecule has 15 heavy (non-hydrogen) atoms. The average molecular weight is 213 g/mol. The van der Waals surface area contributed by atoms with Crippen molar-refractivity contribution in [2.75, 3.05) is 13.2 Å². The fourth-order valence-electron chi connectivity index (χ4n) is 1.81. The molecule has 1 rings (SSSR count). The lowest BCUT2D eigenvalue weighted by Crippen LogP contribution is -2.31. The van der Waals surface area contributed by atoms with Gasteiger partial charge in [-0.15, -0.1) is 0 Å². The molecule has 88 valence electrons. The highest BCUT2D eigenvalue weighted by atomic mass is 16.5. The zero-order valence-corrected chi connectivity index (χ0v) is 10.3. The Kier molecular flexibility index (Phi) is 4.14. The van der Waals surface area contributed by atoms with E-state index in [4.69, 9.17) is 4.74 Å². The summed E-state index contributed by atoms with van der Waals surface area (Å²) < 4.78 is 4.90. The van der Waals surface area contributed by atoms with Gasteiger partial charge in [0.25, 0.3) is 0 Å². The first-order chi connectivity index (χ1) is 6.95. The van der Waals surface area contributed by atoms with Crippen LogP contribution in [0.25, 0.3) is 0 Å². The first kappa shape index (κ1) is 12.5. The minimum Gasteiger partial charge on any atom is -0.466 e. The summed E-state index contributed by atoms with van der Waals surface area (Å²) in [6.07, 6.45) is 1.77. The van der Waals surface area contributed by atoms with Crippen LogP contribution in [0.3, 0.4) is 0 Å². The molecule has 2 unspecified atom stereocenters. The second kappa shape index (κ2) is 4.97. The monoisotopic (exact) mass is 213 g/mol. The van der Waals surface area contributed by atoms with E-state index in [1.54, 1.807) is 0 Å². The molecular weight excluding hydrogens is 190 g/mol. The van der Waals surface area contributed by atoms with Crippen LogP contribution in [0.1, 0.15) is 40.5 Å². The maximum Gasteiger partial charge on any atom is 0.307 e. The number of ether oxygens (including phenoxy) is 1. The van der Waals surface area contributed by atoms with Gasteiger partial charge in [-0.05, 0) is 38.1 Å². The van der Waals surface area contributed by atoms with Gasteiger partial charge in [0.05, 0.1) is 13.0 Å². The Morgan fingerprint density at radius 2 is 2.20 bits per heavy atom. The molecule has 1 aliphatic carbocycles. The van der Waals surface area contributed by atoms with E-state index in [-0.39, 0.29) is 12.0 Å².